The Morgan fingerprint density at radius 2 is 2.44 bits per heavy atom. The average Bonchev–Trinajstić information content (AvgIpc) is 2.80. The minimum atomic E-state index is 0.284. The molecule has 1 aromatic rings. The lowest BCUT2D eigenvalue weighted by Gasteiger charge is -2.18. The number of nitrogens with zero attached hydrogens (tertiary/aromatic N) is 3. The van der Waals surface area contributed by atoms with Crippen LogP contribution in [0, 0.1) is 5.92 Å². The Hall–Kier alpha value is -0.580. The summed E-state index contributed by atoms with van der Waals surface area (Å²) in [5, 5.41) is 4.90. The van der Waals surface area contributed by atoms with Gasteiger partial charge in [-0.25, -0.2) is 0 Å². The molecule has 1 saturated heterocycles. The van der Waals surface area contributed by atoms with Gasteiger partial charge < -0.3 is 5.73 Å². The van der Waals surface area contributed by atoms with Gasteiger partial charge in [-0.1, -0.05) is 11.6 Å². The maximum absolute atomic E-state index is 6.09. The molecule has 0 bridgehead atoms. The minimum Gasteiger partial charge on any atom is -0.328 e. The first-order chi connectivity index (χ1) is 7.58. The quantitative estimate of drug-likeness (QED) is 0.868. The molecule has 2 N–H and O–H groups in total. The standard InChI is InChI=1S/C11H19ClN4/c1-8(13)9-3-4-16(6-9)7-11-10(12)5-14-15(11)2/h5,8-9H,3-4,6-7,13H2,1-2H3. The van der Waals surface area contributed by atoms with Crippen LogP contribution in [0.3, 0.4) is 0 Å². The molecule has 0 amide bonds. The summed E-state index contributed by atoms with van der Waals surface area (Å²) in [7, 11) is 1.93. The van der Waals surface area contributed by atoms with E-state index >= 15 is 0 Å². The average molecular weight is 243 g/mol. The van der Waals surface area contributed by atoms with E-state index in [-0.39, 0.29) is 6.04 Å². The van der Waals surface area contributed by atoms with Gasteiger partial charge in [0.2, 0.25) is 0 Å². The van der Waals surface area contributed by atoms with Crippen molar-refractivity contribution in [1.82, 2.24) is 14.7 Å². The third kappa shape index (κ3) is 2.39. The molecular formula is C11H19ClN4. The molecule has 5 heteroatoms. The largest absolute Gasteiger partial charge is 0.328 e. The van der Waals surface area contributed by atoms with Gasteiger partial charge in [0.05, 0.1) is 16.9 Å². The van der Waals surface area contributed by atoms with Crippen molar-refractivity contribution in [3.63, 3.8) is 0 Å². The summed E-state index contributed by atoms with van der Waals surface area (Å²) in [6.45, 7) is 5.14. The van der Waals surface area contributed by atoms with Crippen molar-refractivity contribution in [2.24, 2.45) is 18.7 Å². The first-order valence-electron chi connectivity index (χ1n) is 5.72. The van der Waals surface area contributed by atoms with Crippen molar-refractivity contribution >= 4 is 11.6 Å². The molecule has 1 aliphatic rings. The Morgan fingerprint density at radius 1 is 1.69 bits per heavy atom. The Bertz CT molecular complexity index is 341. The fourth-order valence-corrected chi connectivity index (χ4v) is 2.49. The van der Waals surface area contributed by atoms with Crippen molar-refractivity contribution in [1.29, 1.82) is 0 Å². The summed E-state index contributed by atoms with van der Waals surface area (Å²) < 4.78 is 1.85. The van der Waals surface area contributed by atoms with Gasteiger partial charge in [0.15, 0.2) is 0 Å². The minimum absolute atomic E-state index is 0.284. The van der Waals surface area contributed by atoms with E-state index in [4.69, 9.17) is 17.3 Å². The maximum atomic E-state index is 6.09. The summed E-state index contributed by atoms with van der Waals surface area (Å²) >= 11 is 6.09. The van der Waals surface area contributed by atoms with Gasteiger partial charge in [0, 0.05) is 26.2 Å². The molecule has 16 heavy (non-hydrogen) atoms. The van der Waals surface area contributed by atoms with Crippen molar-refractivity contribution in [3.05, 3.63) is 16.9 Å². The highest BCUT2D eigenvalue weighted by molar-refractivity contribution is 6.31. The second-order valence-corrected chi connectivity index (χ2v) is 5.11. The van der Waals surface area contributed by atoms with Gasteiger partial charge in [0.25, 0.3) is 0 Å². The highest BCUT2D eigenvalue weighted by Gasteiger charge is 2.26. The summed E-state index contributed by atoms with van der Waals surface area (Å²) in [6.07, 6.45) is 2.89. The summed E-state index contributed by atoms with van der Waals surface area (Å²) in [4.78, 5) is 2.40. The molecular weight excluding hydrogens is 224 g/mol. The molecule has 0 aromatic carbocycles. The first-order valence-corrected chi connectivity index (χ1v) is 6.10. The summed E-state index contributed by atoms with van der Waals surface area (Å²) in [6, 6.07) is 0.284. The lowest BCUT2D eigenvalue weighted by molar-refractivity contribution is 0.300. The monoisotopic (exact) mass is 242 g/mol. The number of hydrogen-bond acceptors (Lipinski definition) is 3. The zero-order chi connectivity index (χ0) is 11.7. The molecule has 0 saturated carbocycles. The van der Waals surface area contributed by atoms with Crippen molar-refractivity contribution in [2.45, 2.75) is 25.9 Å². The molecule has 0 spiro atoms. The fraction of sp³-hybridized carbons (Fsp3) is 0.727. The van der Waals surface area contributed by atoms with Crippen LogP contribution in [0.1, 0.15) is 19.0 Å². The Morgan fingerprint density at radius 3 is 2.94 bits per heavy atom. The number of aromatic nitrogens is 2. The Balaban J connectivity index is 1.97. The lowest BCUT2D eigenvalue weighted by atomic mass is 10.0. The van der Waals surface area contributed by atoms with E-state index in [1.165, 1.54) is 6.42 Å². The normalized spacial score (nSPS) is 23.9. The number of rotatable bonds is 3. The van der Waals surface area contributed by atoms with E-state index in [1.807, 2.05) is 11.7 Å². The third-order valence-electron chi connectivity index (χ3n) is 3.44. The third-order valence-corrected chi connectivity index (χ3v) is 3.75. The van der Waals surface area contributed by atoms with Crippen LogP contribution in [0.2, 0.25) is 5.02 Å². The molecule has 2 rings (SSSR count). The zero-order valence-corrected chi connectivity index (χ0v) is 10.6. The Kier molecular flexibility index (Phi) is 3.52. The molecule has 0 radical (unpaired) electrons. The topological polar surface area (TPSA) is 47.1 Å². The van der Waals surface area contributed by atoms with Crippen LogP contribution >= 0.6 is 11.6 Å². The number of aryl methyl sites for hydroxylation is 1. The number of nitrogens with two attached hydrogens (primary N) is 1. The smallest absolute Gasteiger partial charge is 0.0831 e. The van der Waals surface area contributed by atoms with Gasteiger partial charge >= 0.3 is 0 Å². The summed E-state index contributed by atoms with van der Waals surface area (Å²) in [5.41, 5.74) is 7.01. The van der Waals surface area contributed by atoms with E-state index in [9.17, 15) is 0 Å². The second-order valence-electron chi connectivity index (χ2n) is 4.71. The molecule has 1 fully saturated rings. The predicted octanol–water partition coefficient (Wildman–Crippen LogP) is 1.24. The van der Waals surface area contributed by atoms with Crippen LogP contribution in [0.15, 0.2) is 6.20 Å². The molecule has 2 heterocycles. The predicted molar refractivity (Wildman–Crippen MR) is 65.3 cm³/mol. The van der Waals surface area contributed by atoms with Gasteiger partial charge in [-0.3, -0.25) is 9.58 Å². The van der Waals surface area contributed by atoms with Crippen LogP contribution < -0.4 is 5.73 Å². The van der Waals surface area contributed by atoms with Crippen molar-refractivity contribution in [3.8, 4) is 0 Å². The van der Waals surface area contributed by atoms with Crippen LogP contribution in [0.25, 0.3) is 0 Å². The molecule has 0 aliphatic carbocycles. The van der Waals surface area contributed by atoms with Gasteiger partial charge in [-0.2, -0.15) is 5.10 Å². The van der Waals surface area contributed by atoms with E-state index in [0.29, 0.717) is 5.92 Å². The van der Waals surface area contributed by atoms with Crippen LogP contribution in [-0.2, 0) is 13.6 Å². The highest BCUT2D eigenvalue weighted by atomic mass is 35.5. The van der Waals surface area contributed by atoms with Crippen molar-refractivity contribution < 1.29 is 0 Å². The molecule has 1 aliphatic heterocycles. The highest BCUT2D eigenvalue weighted by Crippen LogP contribution is 2.23. The SMILES string of the molecule is CC(N)C1CCN(Cc2c(Cl)cnn2C)C1. The van der Waals surface area contributed by atoms with Crippen LogP contribution in [0.5, 0.6) is 0 Å². The molecule has 2 atom stereocenters. The summed E-state index contributed by atoms with van der Waals surface area (Å²) in [5.74, 6) is 0.618. The Labute approximate surface area is 101 Å². The van der Waals surface area contributed by atoms with E-state index in [0.717, 1.165) is 30.4 Å². The van der Waals surface area contributed by atoms with Crippen LogP contribution in [0.4, 0.5) is 0 Å². The lowest BCUT2D eigenvalue weighted by Crippen LogP contribution is -2.30. The molecule has 1 aromatic heterocycles. The maximum Gasteiger partial charge on any atom is 0.0831 e. The first kappa shape index (κ1) is 11.9. The second kappa shape index (κ2) is 4.73. The number of hydrogen-bond donors (Lipinski definition) is 1. The van der Waals surface area contributed by atoms with Gasteiger partial charge in [-0.05, 0) is 25.8 Å². The van der Waals surface area contributed by atoms with Gasteiger partial charge in [0.1, 0.15) is 0 Å². The number of likely N-dealkylation sites (tertiary alicyclic amines) is 1. The number of halogens is 1. The van der Waals surface area contributed by atoms with Crippen LogP contribution in [-0.4, -0.2) is 33.8 Å². The zero-order valence-electron chi connectivity index (χ0n) is 9.86. The molecule has 2 unspecified atom stereocenters. The van der Waals surface area contributed by atoms with Crippen molar-refractivity contribution in [2.75, 3.05) is 13.1 Å². The van der Waals surface area contributed by atoms with Gasteiger partial charge in [-0.15, -0.1) is 0 Å². The molecule has 90 valence electrons. The van der Waals surface area contributed by atoms with E-state index in [2.05, 4.69) is 16.9 Å². The van der Waals surface area contributed by atoms with E-state index < -0.39 is 0 Å². The molecule has 4 nitrogen and oxygen atoms in total. The van der Waals surface area contributed by atoms with E-state index in [1.54, 1.807) is 6.20 Å². The fourth-order valence-electron chi connectivity index (χ4n) is 2.26.